The van der Waals surface area contributed by atoms with Gasteiger partial charge < -0.3 is 19.5 Å². The lowest BCUT2D eigenvalue weighted by Crippen LogP contribution is -2.51. The third kappa shape index (κ3) is 3.83. The maximum Gasteiger partial charge on any atom is 0.305 e. The molecule has 0 spiro atoms. The summed E-state index contributed by atoms with van der Waals surface area (Å²) >= 11 is 0. The molecular weight excluding hydrogens is 310 g/mol. The van der Waals surface area contributed by atoms with Crippen LogP contribution in [-0.4, -0.2) is 54.3 Å². The highest BCUT2D eigenvalue weighted by Crippen LogP contribution is 2.21. The Morgan fingerprint density at radius 2 is 2.00 bits per heavy atom. The molecule has 1 unspecified atom stereocenters. The number of carbonyl (C=O) groups excluding carboxylic acids is 1. The first-order valence-electron chi connectivity index (χ1n) is 7.84. The van der Waals surface area contributed by atoms with Gasteiger partial charge in [0.25, 0.3) is 5.91 Å². The van der Waals surface area contributed by atoms with Gasteiger partial charge in [-0.2, -0.15) is 0 Å². The third-order valence-corrected chi connectivity index (χ3v) is 4.04. The summed E-state index contributed by atoms with van der Waals surface area (Å²) in [6, 6.07) is 13.1. The molecule has 2 aromatic carbocycles. The van der Waals surface area contributed by atoms with Gasteiger partial charge in [-0.1, -0.05) is 30.3 Å². The Labute approximate surface area is 139 Å². The largest absolute Gasteiger partial charge is 0.484 e. The molecule has 2 aromatic rings. The molecule has 126 valence electrons. The first-order chi connectivity index (χ1) is 11.6. The van der Waals surface area contributed by atoms with Gasteiger partial charge in [0.15, 0.2) is 6.61 Å². The minimum atomic E-state index is -0.946. The van der Waals surface area contributed by atoms with Crippen LogP contribution in [0.5, 0.6) is 5.75 Å². The smallest absolute Gasteiger partial charge is 0.305 e. The second-order valence-corrected chi connectivity index (χ2v) is 5.71. The molecule has 3 rings (SSSR count). The second-order valence-electron chi connectivity index (χ2n) is 5.71. The molecular formula is C18H19NO5. The van der Waals surface area contributed by atoms with Crippen molar-refractivity contribution in [2.45, 2.75) is 12.5 Å². The number of hydrogen-bond donors (Lipinski definition) is 1. The van der Waals surface area contributed by atoms with E-state index in [9.17, 15) is 9.59 Å². The van der Waals surface area contributed by atoms with E-state index in [1.165, 1.54) is 0 Å². The van der Waals surface area contributed by atoms with Gasteiger partial charge in [-0.25, -0.2) is 0 Å². The summed E-state index contributed by atoms with van der Waals surface area (Å²) in [7, 11) is 0. The molecule has 0 aromatic heterocycles. The summed E-state index contributed by atoms with van der Waals surface area (Å²) in [6.45, 7) is 0.929. The van der Waals surface area contributed by atoms with Crippen molar-refractivity contribution in [2.75, 3.05) is 26.4 Å². The Morgan fingerprint density at radius 3 is 2.79 bits per heavy atom. The Hall–Kier alpha value is -2.60. The molecule has 1 fully saturated rings. The molecule has 1 heterocycles. The van der Waals surface area contributed by atoms with Crippen molar-refractivity contribution < 1.29 is 24.2 Å². The minimum Gasteiger partial charge on any atom is -0.484 e. The van der Waals surface area contributed by atoms with E-state index in [0.29, 0.717) is 18.9 Å². The summed E-state index contributed by atoms with van der Waals surface area (Å²) < 4.78 is 10.9. The van der Waals surface area contributed by atoms with E-state index in [1.54, 1.807) is 4.90 Å². The number of fused-ring (bicyclic) bond motifs is 1. The van der Waals surface area contributed by atoms with E-state index < -0.39 is 12.0 Å². The van der Waals surface area contributed by atoms with Gasteiger partial charge in [0, 0.05) is 6.54 Å². The van der Waals surface area contributed by atoms with Crippen molar-refractivity contribution >= 4 is 22.6 Å². The molecule has 1 aliphatic rings. The summed E-state index contributed by atoms with van der Waals surface area (Å²) in [5, 5.41) is 11.1. The number of nitrogens with zero attached hydrogens (tertiary/aromatic N) is 1. The number of amides is 1. The first kappa shape index (κ1) is 16.3. The molecule has 24 heavy (non-hydrogen) atoms. The van der Waals surface area contributed by atoms with E-state index in [0.717, 1.165) is 10.8 Å². The number of benzene rings is 2. The average molecular weight is 329 g/mol. The predicted octanol–water partition coefficient (Wildman–Crippen LogP) is 1.92. The number of ether oxygens (including phenoxy) is 2. The fraction of sp³-hybridized carbons (Fsp3) is 0.333. The van der Waals surface area contributed by atoms with Crippen molar-refractivity contribution in [3.05, 3.63) is 42.5 Å². The van der Waals surface area contributed by atoms with Crippen LogP contribution in [0.15, 0.2) is 42.5 Å². The van der Waals surface area contributed by atoms with E-state index in [4.69, 9.17) is 14.6 Å². The monoisotopic (exact) mass is 329 g/mol. The number of hydrogen-bond acceptors (Lipinski definition) is 4. The average Bonchev–Trinajstić information content (AvgIpc) is 2.59. The molecule has 0 radical (unpaired) electrons. The van der Waals surface area contributed by atoms with Crippen LogP contribution in [0.25, 0.3) is 10.8 Å². The van der Waals surface area contributed by atoms with Crippen molar-refractivity contribution in [1.82, 2.24) is 4.90 Å². The van der Waals surface area contributed by atoms with Gasteiger partial charge in [0.1, 0.15) is 5.75 Å². The highest BCUT2D eigenvalue weighted by atomic mass is 16.5. The Bertz CT molecular complexity index is 745. The van der Waals surface area contributed by atoms with Gasteiger partial charge in [-0.05, 0) is 22.9 Å². The van der Waals surface area contributed by atoms with Gasteiger partial charge in [0.05, 0.1) is 25.7 Å². The third-order valence-electron chi connectivity index (χ3n) is 4.04. The summed E-state index contributed by atoms with van der Waals surface area (Å²) in [5.74, 6) is -0.554. The molecule has 6 nitrogen and oxygen atoms in total. The molecule has 0 bridgehead atoms. The lowest BCUT2D eigenvalue weighted by molar-refractivity contribution is -0.147. The summed E-state index contributed by atoms with van der Waals surface area (Å²) in [4.78, 5) is 24.8. The number of aliphatic carboxylic acids is 1. The number of rotatable bonds is 5. The normalized spacial score (nSPS) is 17.7. The highest BCUT2D eigenvalue weighted by molar-refractivity contribution is 5.84. The van der Waals surface area contributed by atoms with Gasteiger partial charge in [-0.3, -0.25) is 9.59 Å². The van der Waals surface area contributed by atoms with Gasteiger partial charge >= 0.3 is 5.97 Å². The van der Waals surface area contributed by atoms with E-state index in [-0.39, 0.29) is 25.5 Å². The second kappa shape index (κ2) is 7.31. The zero-order valence-electron chi connectivity index (χ0n) is 13.2. The van der Waals surface area contributed by atoms with Crippen molar-refractivity contribution in [2.24, 2.45) is 0 Å². The van der Waals surface area contributed by atoms with Crippen molar-refractivity contribution in [1.29, 1.82) is 0 Å². The molecule has 1 N–H and O–H groups in total. The summed E-state index contributed by atoms with van der Waals surface area (Å²) in [5.41, 5.74) is 0. The fourth-order valence-electron chi connectivity index (χ4n) is 2.84. The maximum absolute atomic E-state index is 12.4. The quantitative estimate of drug-likeness (QED) is 0.907. The van der Waals surface area contributed by atoms with Crippen LogP contribution < -0.4 is 4.74 Å². The highest BCUT2D eigenvalue weighted by Gasteiger charge is 2.29. The van der Waals surface area contributed by atoms with E-state index in [1.807, 2.05) is 42.5 Å². The van der Waals surface area contributed by atoms with Gasteiger partial charge in [-0.15, -0.1) is 0 Å². The Kier molecular flexibility index (Phi) is 4.96. The van der Waals surface area contributed by atoms with E-state index >= 15 is 0 Å². The zero-order valence-corrected chi connectivity index (χ0v) is 13.2. The molecule has 0 saturated carbocycles. The predicted molar refractivity (Wildman–Crippen MR) is 88.0 cm³/mol. The van der Waals surface area contributed by atoms with E-state index in [2.05, 4.69) is 0 Å². The van der Waals surface area contributed by atoms with Crippen LogP contribution in [0.2, 0.25) is 0 Å². The van der Waals surface area contributed by atoms with Crippen molar-refractivity contribution in [3.63, 3.8) is 0 Å². The van der Waals surface area contributed by atoms with Crippen LogP contribution in [0.1, 0.15) is 6.42 Å². The number of carbonyl (C=O) groups is 2. The van der Waals surface area contributed by atoms with Crippen molar-refractivity contribution in [3.8, 4) is 5.75 Å². The molecule has 1 atom stereocenters. The number of carboxylic acid groups (broad SMARTS) is 1. The van der Waals surface area contributed by atoms with Crippen LogP contribution in [-0.2, 0) is 14.3 Å². The molecule has 1 amide bonds. The van der Waals surface area contributed by atoms with Crippen LogP contribution in [0, 0.1) is 0 Å². The number of carboxylic acids is 1. The van der Waals surface area contributed by atoms with Crippen LogP contribution in [0.3, 0.4) is 0 Å². The molecule has 0 aliphatic carbocycles. The molecule has 6 heteroatoms. The van der Waals surface area contributed by atoms with Gasteiger partial charge in [0.2, 0.25) is 0 Å². The molecule has 1 saturated heterocycles. The zero-order chi connectivity index (χ0) is 16.9. The maximum atomic E-state index is 12.4. The molecule has 1 aliphatic heterocycles. The standard InChI is InChI=1S/C18H19NO5/c20-17(19-7-8-23-11-15(19)10-18(21)22)12-24-16-6-5-13-3-1-2-4-14(13)9-16/h1-6,9,15H,7-8,10-12H2,(H,21,22). The fourth-order valence-corrected chi connectivity index (χ4v) is 2.84. The lowest BCUT2D eigenvalue weighted by atomic mass is 10.1. The minimum absolute atomic E-state index is 0.117. The summed E-state index contributed by atoms with van der Waals surface area (Å²) in [6.07, 6.45) is -0.123. The van der Waals surface area contributed by atoms with Crippen LogP contribution >= 0.6 is 0 Å². The topological polar surface area (TPSA) is 76.1 Å². The number of morpholine rings is 1. The first-order valence-corrected chi connectivity index (χ1v) is 7.84. The lowest BCUT2D eigenvalue weighted by Gasteiger charge is -2.34. The Balaban J connectivity index is 1.63. The van der Waals surface area contributed by atoms with Crippen LogP contribution in [0.4, 0.5) is 0 Å². The SMILES string of the molecule is O=C(O)CC1COCCN1C(=O)COc1ccc2ccccc2c1. The Morgan fingerprint density at radius 1 is 1.21 bits per heavy atom.